The summed E-state index contributed by atoms with van der Waals surface area (Å²) in [4.78, 5) is 16.7. The zero-order valence-corrected chi connectivity index (χ0v) is 19.6. The third kappa shape index (κ3) is 8.15. The van der Waals surface area contributed by atoms with E-state index in [-0.39, 0.29) is 18.7 Å². The summed E-state index contributed by atoms with van der Waals surface area (Å²) in [7, 11) is 0. The topological polar surface area (TPSA) is 62.2 Å². The van der Waals surface area contributed by atoms with Crippen molar-refractivity contribution in [3.63, 3.8) is 0 Å². The number of benzene rings is 1. The first kappa shape index (κ1) is 24.5. The number of nitrogens with zero attached hydrogens (tertiary/aromatic N) is 2. The van der Waals surface area contributed by atoms with Crippen LogP contribution < -0.4 is 4.74 Å². The Morgan fingerprint density at radius 3 is 2.63 bits per heavy atom. The number of carbonyl (C=O) groups is 1. The van der Waals surface area contributed by atoms with Gasteiger partial charge < -0.3 is 24.4 Å². The third-order valence-electron chi connectivity index (χ3n) is 5.30. The molecule has 1 heterocycles. The normalized spacial score (nSPS) is 18.9. The molecule has 2 rings (SSSR count). The van der Waals surface area contributed by atoms with Gasteiger partial charge in [0.15, 0.2) is 0 Å². The second kappa shape index (κ2) is 11.0. The molecular weight excluding hydrogens is 380 g/mol. The minimum absolute atomic E-state index is 0.0864. The molecule has 2 unspecified atom stereocenters. The highest BCUT2D eigenvalue weighted by Crippen LogP contribution is 2.21. The molecule has 1 aromatic carbocycles. The predicted molar refractivity (Wildman–Crippen MR) is 120 cm³/mol. The van der Waals surface area contributed by atoms with Gasteiger partial charge in [0, 0.05) is 25.7 Å². The molecule has 1 amide bonds. The van der Waals surface area contributed by atoms with Crippen molar-refractivity contribution >= 4 is 6.09 Å². The van der Waals surface area contributed by atoms with Gasteiger partial charge in [-0.2, -0.15) is 0 Å². The Morgan fingerprint density at radius 2 is 2.00 bits per heavy atom. The van der Waals surface area contributed by atoms with E-state index in [9.17, 15) is 9.90 Å². The van der Waals surface area contributed by atoms with Crippen LogP contribution in [0.15, 0.2) is 24.3 Å². The molecule has 1 aliphatic rings. The molecule has 2 atom stereocenters. The van der Waals surface area contributed by atoms with Gasteiger partial charge in [-0.3, -0.25) is 0 Å². The first-order valence-electron chi connectivity index (χ1n) is 11.1. The van der Waals surface area contributed by atoms with E-state index in [0.29, 0.717) is 19.0 Å². The monoisotopic (exact) mass is 420 g/mol. The fraction of sp³-hybridized carbons (Fsp3) is 0.708. The van der Waals surface area contributed by atoms with Crippen LogP contribution in [0.2, 0.25) is 0 Å². The standard InChI is InChI=1S/C24H40N2O4/c1-18(2)26(23(28)30-24(4,5)6)15-20-11-9-13-25(14-20)16-21(27)17-29-22-12-8-7-10-19(22)3/h7-8,10,12,18,20-21,27H,9,11,13-17H2,1-6H3. The summed E-state index contributed by atoms with van der Waals surface area (Å²) in [6.07, 6.45) is 1.35. The van der Waals surface area contributed by atoms with E-state index in [0.717, 1.165) is 37.2 Å². The summed E-state index contributed by atoms with van der Waals surface area (Å²) in [6.45, 7) is 15.1. The van der Waals surface area contributed by atoms with E-state index in [1.165, 1.54) is 0 Å². The number of aliphatic hydroxyl groups is 1. The van der Waals surface area contributed by atoms with Gasteiger partial charge in [0.2, 0.25) is 0 Å². The lowest BCUT2D eigenvalue weighted by molar-refractivity contribution is 0.00861. The maximum atomic E-state index is 12.6. The molecule has 0 aromatic heterocycles. The minimum atomic E-state index is -0.546. The van der Waals surface area contributed by atoms with Crippen molar-refractivity contribution in [1.82, 2.24) is 9.80 Å². The second-order valence-corrected chi connectivity index (χ2v) is 9.72. The lowest BCUT2D eigenvalue weighted by Gasteiger charge is -2.38. The van der Waals surface area contributed by atoms with Gasteiger partial charge in [0.05, 0.1) is 0 Å². The molecule has 1 saturated heterocycles. The highest BCUT2D eigenvalue weighted by atomic mass is 16.6. The molecule has 0 spiro atoms. The Hall–Kier alpha value is -1.79. The zero-order chi connectivity index (χ0) is 22.3. The molecular formula is C24H40N2O4. The number of aliphatic hydroxyl groups excluding tert-OH is 1. The summed E-state index contributed by atoms with van der Waals surface area (Å²) < 4.78 is 11.4. The average molecular weight is 421 g/mol. The second-order valence-electron chi connectivity index (χ2n) is 9.72. The molecule has 0 bridgehead atoms. The molecule has 30 heavy (non-hydrogen) atoms. The number of amides is 1. The average Bonchev–Trinajstić information content (AvgIpc) is 2.64. The summed E-state index contributed by atoms with van der Waals surface area (Å²) in [5.74, 6) is 1.19. The van der Waals surface area contributed by atoms with Crippen LogP contribution in [0.5, 0.6) is 5.75 Å². The number of hydrogen-bond donors (Lipinski definition) is 1. The van der Waals surface area contributed by atoms with Gasteiger partial charge in [-0.15, -0.1) is 0 Å². The van der Waals surface area contributed by atoms with Gasteiger partial charge in [-0.05, 0) is 78.5 Å². The highest BCUT2D eigenvalue weighted by Gasteiger charge is 2.29. The summed E-state index contributed by atoms with van der Waals surface area (Å²) in [5.41, 5.74) is 0.572. The fourth-order valence-electron chi connectivity index (χ4n) is 3.82. The van der Waals surface area contributed by atoms with Crippen molar-refractivity contribution in [3.8, 4) is 5.75 Å². The van der Waals surface area contributed by atoms with Crippen LogP contribution in [0.4, 0.5) is 4.79 Å². The smallest absolute Gasteiger partial charge is 0.410 e. The lowest BCUT2D eigenvalue weighted by atomic mass is 9.96. The molecule has 1 fully saturated rings. The first-order valence-corrected chi connectivity index (χ1v) is 11.1. The lowest BCUT2D eigenvalue weighted by Crippen LogP contribution is -2.48. The van der Waals surface area contributed by atoms with E-state index in [4.69, 9.17) is 9.47 Å². The van der Waals surface area contributed by atoms with Crippen molar-refractivity contribution in [3.05, 3.63) is 29.8 Å². The van der Waals surface area contributed by atoms with Crippen molar-refractivity contribution in [2.24, 2.45) is 5.92 Å². The number of para-hydroxylation sites is 1. The number of piperidine rings is 1. The van der Waals surface area contributed by atoms with Gasteiger partial charge in [0.25, 0.3) is 0 Å². The van der Waals surface area contributed by atoms with Gasteiger partial charge in [0.1, 0.15) is 24.1 Å². The maximum Gasteiger partial charge on any atom is 0.410 e. The third-order valence-corrected chi connectivity index (χ3v) is 5.30. The molecule has 0 saturated carbocycles. The SMILES string of the molecule is Cc1ccccc1OCC(O)CN1CCCC(CN(C(=O)OC(C)(C)C)C(C)C)C1. The Balaban J connectivity index is 1.84. The molecule has 1 aromatic rings. The first-order chi connectivity index (χ1) is 14.0. The van der Waals surface area contributed by atoms with Crippen LogP contribution in [0, 0.1) is 12.8 Å². The Kier molecular flexibility index (Phi) is 8.98. The Labute approximate surface area is 182 Å². The summed E-state index contributed by atoms with van der Waals surface area (Å²) >= 11 is 0. The Morgan fingerprint density at radius 1 is 1.30 bits per heavy atom. The molecule has 170 valence electrons. The van der Waals surface area contributed by atoms with Crippen LogP contribution in [0.25, 0.3) is 0 Å². The molecule has 0 radical (unpaired) electrons. The molecule has 6 nitrogen and oxygen atoms in total. The number of likely N-dealkylation sites (tertiary alicyclic amines) is 1. The van der Waals surface area contributed by atoms with Crippen LogP contribution in [-0.2, 0) is 4.74 Å². The number of β-amino-alcohol motifs (C(OH)–C–C–N with tert-alkyl or cyclic N) is 1. The van der Waals surface area contributed by atoms with Crippen LogP contribution in [0.3, 0.4) is 0 Å². The molecule has 1 N–H and O–H groups in total. The van der Waals surface area contributed by atoms with Gasteiger partial charge >= 0.3 is 6.09 Å². The Bertz CT molecular complexity index is 671. The molecule has 1 aliphatic heterocycles. The van der Waals surface area contributed by atoms with Crippen LogP contribution in [0.1, 0.15) is 53.0 Å². The van der Waals surface area contributed by atoms with Crippen molar-refractivity contribution in [2.45, 2.75) is 72.1 Å². The van der Waals surface area contributed by atoms with E-state index < -0.39 is 11.7 Å². The number of aryl methyl sites for hydroxylation is 1. The largest absolute Gasteiger partial charge is 0.491 e. The predicted octanol–water partition coefficient (Wildman–Crippen LogP) is 4.09. The molecule has 0 aliphatic carbocycles. The van der Waals surface area contributed by atoms with E-state index in [1.807, 2.05) is 70.7 Å². The number of carbonyl (C=O) groups excluding carboxylic acids is 1. The van der Waals surface area contributed by atoms with Gasteiger partial charge in [-0.25, -0.2) is 4.79 Å². The van der Waals surface area contributed by atoms with Crippen molar-refractivity contribution in [2.75, 3.05) is 32.8 Å². The van der Waals surface area contributed by atoms with Crippen molar-refractivity contribution in [1.29, 1.82) is 0 Å². The van der Waals surface area contributed by atoms with Gasteiger partial charge in [-0.1, -0.05) is 18.2 Å². The highest BCUT2D eigenvalue weighted by molar-refractivity contribution is 5.68. The van der Waals surface area contributed by atoms with Crippen molar-refractivity contribution < 1.29 is 19.4 Å². The summed E-state index contributed by atoms with van der Waals surface area (Å²) in [5, 5.41) is 10.5. The minimum Gasteiger partial charge on any atom is -0.491 e. The van der Waals surface area contributed by atoms with E-state index in [2.05, 4.69) is 4.90 Å². The fourth-order valence-corrected chi connectivity index (χ4v) is 3.82. The molecule has 6 heteroatoms. The zero-order valence-electron chi connectivity index (χ0n) is 19.6. The summed E-state index contributed by atoms with van der Waals surface area (Å²) in [6, 6.07) is 7.93. The van der Waals surface area contributed by atoms with Crippen LogP contribution in [-0.4, -0.2) is 71.5 Å². The maximum absolute atomic E-state index is 12.6. The van der Waals surface area contributed by atoms with E-state index in [1.54, 1.807) is 0 Å². The number of hydrogen-bond acceptors (Lipinski definition) is 5. The number of ether oxygens (including phenoxy) is 2. The number of rotatable bonds is 8. The van der Waals surface area contributed by atoms with E-state index >= 15 is 0 Å². The quantitative estimate of drug-likeness (QED) is 0.686. The van der Waals surface area contributed by atoms with Crippen LogP contribution >= 0.6 is 0 Å².